The zero-order valence-corrected chi connectivity index (χ0v) is 14.1. The summed E-state index contributed by atoms with van der Waals surface area (Å²) in [5.41, 5.74) is 1.04. The first-order chi connectivity index (χ1) is 9.78. The van der Waals surface area contributed by atoms with Crippen LogP contribution in [0.4, 0.5) is 0 Å². The number of halogens is 2. The van der Waals surface area contributed by atoms with Gasteiger partial charge in [0.1, 0.15) is 4.90 Å². The Labute approximate surface area is 134 Å². The number of benzene rings is 1. The third-order valence-electron chi connectivity index (χ3n) is 3.49. The molecule has 0 spiro atoms. The van der Waals surface area contributed by atoms with Crippen LogP contribution in [0.3, 0.4) is 0 Å². The number of hydrogen-bond acceptors (Lipinski definition) is 4. The fourth-order valence-corrected chi connectivity index (χ4v) is 4.89. The van der Waals surface area contributed by atoms with Crippen molar-refractivity contribution in [2.24, 2.45) is 0 Å². The summed E-state index contributed by atoms with van der Waals surface area (Å²) in [5, 5.41) is 9.70. The van der Waals surface area contributed by atoms with Gasteiger partial charge in [-0.2, -0.15) is 4.31 Å². The molecule has 1 saturated heterocycles. The minimum atomic E-state index is -3.79. The molecule has 2 rings (SSSR count). The summed E-state index contributed by atoms with van der Waals surface area (Å²) in [4.78, 5) is 0.0350. The zero-order chi connectivity index (χ0) is 15.8. The van der Waals surface area contributed by atoms with Gasteiger partial charge < -0.3 is 9.84 Å². The van der Waals surface area contributed by atoms with Gasteiger partial charge in [0.25, 0.3) is 0 Å². The van der Waals surface area contributed by atoms with E-state index in [0.29, 0.717) is 16.1 Å². The lowest BCUT2D eigenvalue weighted by Crippen LogP contribution is -2.47. The van der Waals surface area contributed by atoms with Gasteiger partial charge in [0.15, 0.2) is 0 Å². The highest BCUT2D eigenvalue weighted by Crippen LogP contribution is 2.35. The smallest absolute Gasteiger partial charge is 0.245 e. The Kier molecular flexibility index (Phi) is 5.18. The molecule has 0 saturated carbocycles. The fraction of sp³-hybridized carbons (Fsp3) is 0.538. The Morgan fingerprint density at radius 3 is 2.71 bits per heavy atom. The largest absolute Gasteiger partial charge is 0.394 e. The van der Waals surface area contributed by atoms with Gasteiger partial charge in [-0.1, -0.05) is 23.2 Å². The van der Waals surface area contributed by atoms with Gasteiger partial charge in [0.2, 0.25) is 10.0 Å². The summed E-state index contributed by atoms with van der Waals surface area (Å²) in [6.07, 6.45) is -0.520. The molecule has 1 heterocycles. The van der Waals surface area contributed by atoms with Crippen LogP contribution in [0.2, 0.25) is 10.0 Å². The first-order valence-corrected chi connectivity index (χ1v) is 8.66. The molecule has 1 atom stereocenters. The molecule has 1 aromatic carbocycles. The Morgan fingerprint density at radius 1 is 1.43 bits per heavy atom. The number of rotatable bonds is 3. The van der Waals surface area contributed by atoms with Crippen LogP contribution in [-0.4, -0.2) is 50.2 Å². The van der Waals surface area contributed by atoms with Gasteiger partial charge in [-0.25, -0.2) is 8.42 Å². The van der Waals surface area contributed by atoms with E-state index in [1.165, 1.54) is 4.31 Å². The number of morpholine rings is 1. The van der Waals surface area contributed by atoms with Gasteiger partial charge in [0.05, 0.1) is 24.3 Å². The minimum absolute atomic E-state index is 0.0350. The number of hydrogen-bond donors (Lipinski definition) is 1. The van der Waals surface area contributed by atoms with Crippen LogP contribution >= 0.6 is 23.2 Å². The molecule has 0 amide bonds. The second kappa shape index (κ2) is 6.40. The lowest BCUT2D eigenvalue weighted by Gasteiger charge is -2.32. The molecule has 21 heavy (non-hydrogen) atoms. The van der Waals surface area contributed by atoms with Crippen LogP contribution in [0.15, 0.2) is 11.0 Å². The van der Waals surface area contributed by atoms with Crippen molar-refractivity contribution in [2.45, 2.75) is 24.8 Å². The molecule has 118 valence electrons. The predicted molar refractivity (Wildman–Crippen MR) is 81.5 cm³/mol. The van der Waals surface area contributed by atoms with E-state index in [9.17, 15) is 8.42 Å². The van der Waals surface area contributed by atoms with Crippen molar-refractivity contribution in [3.63, 3.8) is 0 Å². The van der Waals surface area contributed by atoms with Crippen LogP contribution in [0.5, 0.6) is 0 Å². The summed E-state index contributed by atoms with van der Waals surface area (Å²) >= 11 is 12.3. The maximum absolute atomic E-state index is 12.8. The van der Waals surface area contributed by atoms with E-state index < -0.39 is 16.1 Å². The first-order valence-electron chi connectivity index (χ1n) is 6.46. The van der Waals surface area contributed by atoms with Crippen molar-refractivity contribution in [2.75, 3.05) is 26.3 Å². The zero-order valence-electron chi connectivity index (χ0n) is 11.8. The topological polar surface area (TPSA) is 66.8 Å². The van der Waals surface area contributed by atoms with Crippen LogP contribution < -0.4 is 0 Å². The first kappa shape index (κ1) is 17.0. The average molecular weight is 354 g/mol. The van der Waals surface area contributed by atoms with Gasteiger partial charge >= 0.3 is 0 Å². The third-order valence-corrected chi connectivity index (χ3v) is 6.52. The lowest BCUT2D eigenvalue weighted by atomic mass is 10.2. The molecule has 8 heteroatoms. The highest BCUT2D eigenvalue weighted by atomic mass is 35.5. The summed E-state index contributed by atoms with van der Waals surface area (Å²) in [6, 6.07) is 1.65. The molecule has 0 aliphatic carbocycles. The van der Waals surface area contributed by atoms with Crippen molar-refractivity contribution < 1.29 is 18.3 Å². The summed E-state index contributed by atoms with van der Waals surface area (Å²) in [5.74, 6) is 0. The van der Waals surface area contributed by atoms with Gasteiger partial charge in [0, 0.05) is 18.1 Å². The van der Waals surface area contributed by atoms with E-state index in [2.05, 4.69) is 0 Å². The molecule has 1 aliphatic heterocycles. The van der Waals surface area contributed by atoms with Crippen LogP contribution in [-0.2, 0) is 14.8 Å². The molecular weight excluding hydrogens is 337 g/mol. The maximum Gasteiger partial charge on any atom is 0.245 e. The highest BCUT2D eigenvalue weighted by Gasteiger charge is 2.34. The van der Waals surface area contributed by atoms with Crippen LogP contribution in [0, 0.1) is 13.8 Å². The Bertz CT molecular complexity index is 622. The van der Waals surface area contributed by atoms with E-state index in [-0.39, 0.29) is 36.2 Å². The number of aliphatic hydroxyl groups is 1. The highest BCUT2D eigenvalue weighted by molar-refractivity contribution is 7.89. The second-order valence-corrected chi connectivity index (χ2v) is 7.64. The van der Waals surface area contributed by atoms with Crippen molar-refractivity contribution in [3.05, 3.63) is 27.2 Å². The standard InChI is InChI=1S/C13H17Cl2NO4S/c1-8-5-11(14)9(2)13(12(8)15)21(18,19)16-3-4-20-10(6-16)7-17/h5,10,17H,3-4,6-7H2,1-2H3. The minimum Gasteiger partial charge on any atom is -0.394 e. The van der Waals surface area contributed by atoms with Crippen molar-refractivity contribution in [3.8, 4) is 0 Å². The molecule has 0 aromatic heterocycles. The van der Waals surface area contributed by atoms with E-state index in [1.54, 1.807) is 19.9 Å². The second-order valence-electron chi connectivity index (χ2n) is 4.98. The predicted octanol–water partition coefficient (Wildman–Crippen LogP) is 1.99. The van der Waals surface area contributed by atoms with E-state index in [1.807, 2.05) is 0 Å². The Hall–Kier alpha value is -0.370. The molecule has 1 fully saturated rings. The monoisotopic (exact) mass is 353 g/mol. The van der Waals surface area contributed by atoms with Crippen molar-refractivity contribution >= 4 is 33.2 Å². The molecule has 1 aliphatic rings. The molecule has 1 N–H and O–H groups in total. The van der Waals surface area contributed by atoms with Crippen molar-refractivity contribution in [1.82, 2.24) is 4.31 Å². The van der Waals surface area contributed by atoms with E-state index >= 15 is 0 Å². The molecule has 1 unspecified atom stereocenters. The molecule has 0 radical (unpaired) electrons. The molecule has 1 aromatic rings. The van der Waals surface area contributed by atoms with Gasteiger partial charge in [-0.05, 0) is 31.0 Å². The lowest BCUT2D eigenvalue weighted by molar-refractivity contribution is -0.0304. The summed E-state index contributed by atoms with van der Waals surface area (Å²) < 4.78 is 32.2. The van der Waals surface area contributed by atoms with Crippen LogP contribution in [0.1, 0.15) is 11.1 Å². The number of ether oxygens (including phenoxy) is 1. The third kappa shape index (κ3) is 3.21. The van der Waals surface area contributed by atoms with Gasteiger partial charge in [-0.3, -0.25) is 0 Å². The van der Waals surface area contributed by atoms with Crippen LogP contribution in [0.25, 0.3) is 0 Å². The quantitative estimate of drug-likeness (QED) is 0.902. The fourth-order valence-electron chi connectivity index (χ4n) is 2.27. The number of aliphatic hydroxyl groups excluding tert-OH is 1. The number of nitrogens with zero attached hydrogens (tertiary/aromatic N) is 1. The van der Waals surface area contributed by atoms with E-state index in [4.69, 9.17) is 33.0 Å². The summed E-state index contributed by atoms with van der Waals surface area (Å²) in [7, 11) is -3.79. The molecule has 0 bridgehead atoms. The summed E-state index contributed by atoms with van der Waals surface area (Å²) in [6.45, 7) is 3.67. The Morgan fingerprint density at radius 2 is 2.10 bits per heavy atom. The SMILES string of the molecule is Cc1cc(Cl)c(C)c(S(=O)(=O)N2CCOC(CO)C2)c1Cl. The number of sulfonamides is 1. The molecule has 5 nitrogen and oxygen atoms in total. The Balaban J connectivity index is 2.50. The average Bonchev–Trinajstić information content (AvgIpc) is 2.45. The molecular formula is C13H17Cl2NO4S. The number of aryl methyl sites for hydroxylation is 1. The van der Waals surface area contributed by atoms with E-state index in [0.717, 1.165) is 0 Å². The maximum atomic E-state index is 12.8. The normalized spacial score (nSPS) is 20.7. The van der Waals surface area contributed by atoms with Gasteiger partial charge in [-0.15, -0.1) is 0 Å². The van der Waals surface area contributed by atoms with Crippen molar-refractivity contribution in [1.29, 1.82) is 0 Å².